The number of rotatable bonds is 5. The summed E-state index contributed by atoms with van der Waals surface area (Å²) in [5, 5.41) is 5.85. The number of hydrogen-bond donors (Lipinski definition) is 2. The second kappa shape index (κ2) is 7.40. The third kappa shape index (κ3) is 6.57. The lowest BCUT2D eigenvalue weighted by molar-refractivity contribution is -0.118. The van der Waals surface area contributed by atoms with Crippen LogP contribution in [0.4, 0.5) is 9.93 Å². The Labute approximate surface area is 129 Å². The van der Waals surface area contributed by atoms with Gasteiger partial charge in [0.25, 0.3) is 0 Å². The topological polar surface area (TPSA) is 80.3 Å². The maximum atomic E-state index is 12.2. The monoisotopic (exact) mass is 313 g/mol. The van der Waals surface area contributed by atoms with Crippen LogP contribution in [-0.2, 0) is 9.53 Å². The van der Waals surface area contributed by atoms with Gasteiger partial charge in [-0.2, -0.15) is 0 Å². The molecule has 1 unspecified atom stereocenters. The van der Waals surface area contributed by atoms with Gasteiger partial charge in [0.1, 0.15) is 11.6 Å². The molecule has 0 radical (unpaired) electrons. The molecule has 0 aliphatic rings. The van der Waals surface area contributed by atoms with Crippen molar-refractivity contribution in [3.05, 3.63) is 11.1 Å². The Kier molecular flexibility index (Phi) is 6.14. The summed E-state index contributed by atoms with van der Waals surface area (Å²) in [4.78, 5) is 29.1. The predicted octanol–water partition coefficient (Wildman–Crippen LogP) is 3.08. The third-order valence-electron chi connectivity index (χ3n) is 2.44. The number of aryl methyl sites for hydroxylation is 1. The van der Waals surface area contributed by atoms with Crippen LogP contribution in [0.5, 0.6) is 0 Å². The lowest BCUT2D eigenvalue weighted by Gasteiger charge is -2.22. The minimum atomic E-state index is -0.631. The first kappa shape index (κ1) is 17.4. The standard InChI is InChI=1S/C14H23N3O3S/c1-6-7-10(16-13(19)20-14(3,4)5)11(18)17-12-15-8-9(2)21-12/h8,10H,6-7H2,1-5H3,(H,16,19)(H,15,17,18). The lowest BCUT2D eigenvalue weighted by atomic mass is 10.1. The van der Waals surface area contributed by atoms with E-state index in [-0.39, 0.29) is 5.91 Å². The second-order valence-corrected chi connectivity index (χ2v) is 6.99. The number of alkyl carbamates (subject to hydrolysis) is 1. The molecular weight excluding hydrogens is 290 g/mol. The number of nitrogens with zero attached hydrogens (tertiary/aromatic N) is 1. The average molecular weight is 313 g/mol. The third-order valence-corrected chi connectivity index (χ3v) is 3.26. The van der Waals surface area contributed by atoms with E-state index in [1.807, 2.05) is 13.8 Å². The number of nitrogens with one attached hydrogen (secondary N) is 2. The van der Waals surface area contributed by atoms with E-state index in [0.29, 0.717) is 11.6 Å². The van der Waals surface area contributed by atoms with Crippen LogP contribution in [0.15, 0.2) is 6.20 Å². The molecule has 1 atom stereocenters. The van der Waals surface area contributed by atoms with E-state index in [4.69, 9.17) is 4.74 Å². The first-order valence-corrected chi connectivity index (χ1v) is 7.75. The van der Waals surface area contributed by atoms with Gasteiger partial charge in [-0.05, 0) is 34.1 Å². The van der Waals surface area contributed by atoms with E-state index in [1.165, 1.54) is 11.3 Å². The lowest BCUT2D eigenvalue weighted by Crippen LogP contribution is -2.45. The summed E-state index contributed by atoms with van der Waals surface area (Å²) in [5.41, 5.74) is -0.594. The van der Waals surface area contributed by atoms with E-state index in [0.717, 1.165) is 11.3 Å². The number of hydrogen-bond acceptors (Lipinski definition) is 5. The highest BCUT2D eigenvalue weighted by atomic mass is 32.1. The molecule has 0 bridgehead atoms. The number of carbonyl (C=O) groups is 2. The zero-order valence-corrected chi connectivity index (χ0v) is 14.0. The summed E-state index contributed by atoms with van der Waals surface area (Å²) in [6.07, 6.45) is 2.41. The van der Waals surface area contributed by atoms with Crippen molar-refractivity contribution in [1.29, 1.82) is 0 Å². The van der Waals surface area contributed by atoms with Crippen LogP contribution in [0.25, 0.3) is 0 Å². The molecule has 0 aliphatic heterocycles. The van der Waals surface area contributed by atoms with Crippen LogP contribution < -0.4 is 10.6 Å². The molecule has 2 N–H and O–H groups in total. The molecule has 1 heterocycles. The minimum Gasteiger partial charge on any atom is -0.444 e. The van der Waals surface area contributed by atoms with Crippen LogP contribution >= 0.6 is 11.3 Å². The van der Waals surface area contributed by atoms with Crippen molar-refractivity contribution in [3.63, 3.8) is 0 Å². The molecular formula is C14H23N3O3S. The molecule has 2 amide bonds. The molecule has 1 aromatic heterocycles. The fraction of sp³-hybridized carbons (Fsp3) is 0.643. The zero-order valence-electron chi connectivity index (χ0n) is 13.1. The van der Waals surface area contributed by atoms with Crippen molar-refractivity contribution < 1.29 is 14.3 Å². The minimum absolute atomic E-state index is 0.281. The van der Waals surface area contributed by atoms with E-state index >= 15 is 0 Å². The Morgan fingerprint density at radius 3 is 2.57 bits per heavy atom. The van der Waals surface area contributed by atoms with Crippen LogP contribution in [0.1, 0.15) is 45.4 Å². The summed E-state index contributed by atoms with van der Waals surface area (Å²) in [6, 6.07) is -0.631. The first-order valence-electron chi connectivity index (χ1n) is 6.94. The van der Waals surface area contributed by atoms with Crippen molar-refractivity contribution >= 4 is 28.5 Å². The van der Waals surface area contributed by atoms with Crippen molar-refractivity contribution in [1.82, 2.24) is 10.3 Å². The highest BCUT2D eigenvalue weighted by Crippen LogP contribution is 2.17. The van der Waals surface area contributed by atoms with Gasteiger partial charge in [0.15, 0.2) is 5.13 Å². The molecule has 6 nitrogen and oxygen atoms in total. The molecule has 0 saturated heterocycles. The highest BCUT2D eigenvalue weighted by Gasteiger charge is 2.24. The fourth-order valence-electron chi connectivity index (χ4n) is 1.61. The number of ether oxygens (including phenoxy) is 1. The van der Waals surface area contributed by atoms with Gasteiger partial charge >= 0.3 is 6.09 Å². The van der Waals surface area contributed by atoms with Crippen LogP contribution in [0.2, 0.25) is 0 Å². The summed E-state index contributed by atoms with van der Waals surface area (Å²) in [6.45, 7) is 9.19. The Hall–Kier alpha value is -1.63. The molecule has 7 heteroatoms. The molecule has 1 aromatic rings. The quantitative estimate of drug-likeness (QED) is 0.875. The fourth-order valence-corrected chi connectivity index (χ4v) is 2.28. The normalized spacial score (nSPS) is 12.6. The molecule has 0 fully saturated rings. The molecule has 21 heavy (non-hydrogen) atoms. The second-order valence-electron chi connectivity index (χ2n) is 5.75. The van der Waals surface area contributed by atoms with Gasteiger partial charge in [-0.15, -0.1) is 11.3 Å². The van der Waals surface area contributed by atoms with E-state index < -0.39 is 17.7 Å². The molecule has 0 saturated carbocycles. The Bertz CT molecular complexity index is 494. The van der Waals surface area contributed by atoms with Crippen molar-refractivity contribution in [2.75, 3.05) is 5.32 Å². The number of thiazole rings is 1. The van der Waals surface area contributed by atoms with Gasteiger partial charge in [0.05, 0.1) is 0 Å². The van der Waals surface area contributed by atoms with Gasteiger partial charge in [-0.3, -0.25) is 4.79 Å². The Morgan fingerprint density at radius 2 is 2.10 bits per heavy atom. The van der Waals surface area contributed by atoms with E-state index in [1.54, 1.807) is 27.0 Å². The van der Waals surface area contributed by atoms with Gasteiger partial charge in [0, 0.05) is 11.1 Å². The SMILES string of the molecule is CCCC(NC(=O)OC(C)(C)C)C(=O)Nc1ncc(C)s1. The smallest absolute Gasteiger partial charge is 0.408 e. The van der Waals surface area contributed by atoms with Crippen LogP contribution in [0, 0.1) is 6.92 Å². The Balaban J connectivity index is 2.63. The van der Waals surface area contributed by atoms with Gasteiger partial charge < -0.3 is 15.4 Å². The Morgan fingerprint density at radius 1 is 1.43 bits per heavy atom. The molecule has 0 aliphatic carbocycles. The number of anilines is 1. The maximum Gasteiger partial charge on any atom is 0.408 e. The number of carbonyl (C=O) groups excluding carboxylic acids is 2. The summed E-state index contributed by atoms with van der Waals surface area (Å²) in [5.74, 6) is -0.281. The molecule has 1 rings (SSSR count). The van der Waals surface area contributed by atoms with Gasteiger partial charge in [-0.1, -0.05) is 13.3 Å². The van der Waals surface area contributed by atoms with Crippen molar-refractivity contribution in [2.24, 2.45) is 0 Å². The zero-order chi connectivity index (χ0) is 16.0. The van der Waals surface area contributed by atoms with Gasteiger partial charge in [0.2, 0.25) is 5.91 Å². The average Bonchev–Trinajstić information content (AvgIpc) is 2.71. The van der Waals surface area contributed by atoms with Crippen molar-refractivity contribution in [2.45, 2.75) is 59.1 Å². The van der Waals surface area contributed by atoms with Crippen molar-refractivity contribution in [3.8, 4) is 0 Å². The number of aromatic nitrogens is 1. The predicted molar refractivity (Wildman–Crippen MR) is 83.5 cm³/mol. The maximum absolute atomic E-state index is 12.2. The van der Waals surface area contributed by atoms with Gasteiger partial charge in [-0.25, -0.2) is 9.78 Å². The van der Waals surface area contributed by atoms with Crippen LogP contribution in [0.3, 0.4) is 0 Å². The van der Waals surface area contributed by atoms with E-state index in [2.05, 4.69) is 15.6 Å². The highest BCUT2D eigenvalue weighted by molar-refractivity contribution is 7.15. The van der Waals surface area contributed by atoms with E-state index in [9.17, 15) is 9.59 Å². The molecule has 0 spiro atoms. The molecule has 0 aromatic carbocycles. The number of amides is 2. The largest absolute Gasteiger partial charge is 0.444 e. The summed E-state index contributed by atoms with van der Waals surface area (Å²) < 4.78 is 5.18. The first-order chi connectivity index (χ1) is 9.71. The van der Waals surface area contributed by atoms with Crippen LogP contribution in [-0.4, -0.2) is 28.6 Å². The molecule has 118 valence electrons. The summed E-state index contributed by atoms with van der Waals surface area (Å²) in [7, 11) is 0. The summed E-state index contributed by atoms with van der Waals surface area (Å²) >= 11 is 1.39.